The van der Waals surface area contributed by atoms with Gasteiger partial charge in [0.2, 0.25) is 5.78 Å². The number of hydrogen-bond acceptors (Lipinski definition) is 2. The number of pyridine rings is 1. The first kappa shape index (κ1) is 9.13. The van der Waals surface area contributed by atoms with E-state index in [0.29, 0.717) is 5.69 Å². The molecule has 0 N–H and O–H groups in total. The summed E-state index contributed by atoms with van der Waals surface area (Å²) in [5, 5.41) is 0. The van der Waals surface area contributed by atoms with Gasteiger partial charge in [0, 0.05) is 5.69 Å². The molecule has 1 aliphatic carbocycles. The highest BCUT2D eigenvalue weighted by atomic mass is 16.1. The van der Waals surface area contributed by atoms with Gasteiger partial charge >= 0.3 is 0 Å². The first-order valence-electron chi connectivity index (χ1n) is 4.97. The Labute approximate surface area is 83.7 Å². The summed E-state index contributed by atoms with van der Waals surface area (Å²) < 4.78 is 0. The maximum Gasteiger partial charge on any atom is 0.203 e. The molecule has 1 aromatic heterocycles. The molecule has 0 aromatic carbocycles. The van der Waals surface area contributed by atoms with Crippen molar-refractivity contribution in [2.24, 2.45) is 0 Å². The van der Waals surface area contributed by atoms with Gasteiger partial charge < -0.3 is 0 Å². The number of carbonyl (C=O) groups is 1. The van der Waals surface area contributed by atoms with Crippen LogP contribution >= 0.6 is 0 Å². The lowest BCUT2D eigenvalue weighted by Gasteiger charge is -2.14. The molecule has 0 saturated carbocycles. The lowest BCUT2D eigenvalue weighted by atomic mass is 9.95. The van der Waals surface area contributed by atoms with Crippen LogP contribution in [-0.4, -0.2) is 10.8 Å². The summed E-state index contributed by atoms with van der Waals surface area (Å²) >= 11 is 0. The van der Waals surface area contributed by atoms with Crippen LogP contribution in [0.25, 0.3) is 0 Å². The third-order valence-electron chi connectivity index (χ3n) is 2.62. The Morgan fingerprint density at radius 1 is 1.36 bits per heavy atom. The van der Waals surface area contributed by atoms with Crippen molar-refractivity contribution >= 4 is 5.78 Å². The number of fused-ring (bicyclic) bond motifs is 1. The van der Waals surface area contributed by atoms with Crippen LogP contribution in [0.15, 0.2) is 24.8 Å². The minimum atomic E-state index is -0.0848. The van der Waals surface area contributed by atoms with Crippen molar-refractivity contribution in [3.05, 3.63) is 41.7 Å². The average Bonchev–Trinajstić information content (AvgIpc) is 2.27. The molecule has 1 heterocycles. The van der Waals surface area contributed by atoms with E-state index < -0.39 is 0 Å². The lowest BCUT2D eigenvalue weighted by Crippen LogP contribution is -2.08. The predicted molar refractivity (Wildman–Crippen MR) is 55.4 cm³/mol. The molecule has 1 aliphatic rings. The van der Waals surface area contributed by atoms with Crippen LogP contribution in [0.4, 0.5) is 0 Å². The summed E-state index contributed by atoms with van der Waals surface area (Å²) in [6.45, 7) is 3.46. The average molecular weight is 187 g/mol. The Kier molecular flexibility index (Phi) is 2.44. The second kappa shape index (κ2) is 3.74. The van der Waals surface area contributed by atoms with Crippen molar-refractivity contribution in [1.82, 2.24) is 4.98 Å². The molecule has 0 spiro atoms. The number of aromatic nitrogens is 1. The van der Waals surface area contributed by atoms with E-state index in [-0.39, 0.29) is 5.78 Å². The zero-order valence-corrected chi connectivity index (χ0v) is 8.12. The van der Waals surface area contributed by atoms with E-state index in [4.69, 9.17) is 0 Å². The maximum atomic E-state index is 11.3. The molecule has 0 saturated heterocycles. The number of allylic oxidation sites excluding steroid dienone is 1. The summed E-state index contributed by atoms with van der Waals surface area (Å²) in [5.74, 6) is -0.0848. The van der Waals surface area contributed by atoms with Gasteiger partial charge in [0.05, 0.1) is 0 Å². The fourth-order valence-corrected chi connectivity index (χ4v) is 1.82. The van der Waals surface area contributed by atoms with E-state index in [2.05, 4.69) is 11.6 Å². The summed E-state index contributed by atoms with van der Waals surface area (Å²) in [5.41, 5.74) is 2.93. The van der Waals surface area contributed by atoms with Gasteiger partial charge in [-0.1, -0.05) is 12.6 Å². The molecule has 0 unspecified atom stereocenters. The number of hydrogen-bond donors (Lipinski definition) is 0. The van der Waals surface area contributed by atoms with Gasteiger partial charge in [-0.2, -0.15) is 0 Å². The molecular weight excluding hydrogens is 174 g/mol. The van der Waals surface area contributed by atoms with Crippen LogP contribution in [0.1, 0.15) is 34.6 Å². The molecule has 0 bridgehead atoms. The number of nitrogens with zero attached hydrogens (tertiary/aromatic N) is 1. The maximum absolute atomic E-state index is 11.3. The minimum Gasteiger partial charge on any atom is -0.288 e. The number of ketones is 1. The van der Waals surface area contributed by atoms with E-state index in [1.807, 2.05) is 6.07 Å². The summed E-state index contributed by atoms with van der Waals surface area (Å²) in [7, 11) is 0. The SMILES string of the molecule is C=CC(=O)c1ccc2c(n1)CCCC2. The third kappa shape index (κ3) is 1.60. The molecule has 2 heteroatoms. The molecule has 2 rings (SSSR count). The van der Waals surface area contributed by atoms with Crippen LogP contribution in [0, 0.1) is 0 Å². The molecule has 0 fully saturated rings. The Hall–Kier alpha value is -1.44. The van der Waals surface area contributed by atoms with Gasteiger partial charge in [-0.05, 0) is 43.4 Å². The Morgan fingerprint density at radius 3 is 2.93 bits per heavy atom. The first-order chi connectivity index (χ1) is 6.81. The standard InChI is InChI=1S/C12H13NO/c1-2-12(14)11-8-7-9-5-3-4-6-10(9)13-11/h2,7-8H,1,3-6H2. The quantitative estimate of drug-likeness (QED) is 0.525. The number of rotatable bonds is 2. The highest BCUT2D eigenvalue weighted by Crippen LogP contribution is 2.19. The van der Waals surface area contributed by atoms with Gasteiger partial charge in [-0.15, -0.1) is 0 Å². The Morgan fingerprint density at radius 2 is 2.14 bits per heavy atom. The Balaban J connectivity index is 2.38. The largest absolute Gasteiger partial charge is 0.288 e. The predicted octanol–water partition coefficient (Wildman–Crippen LogP) is 2.33. The fraction of sp³-hybridized carbons (Fsp3) is 0.333. The number of carbonyl (C=O) groups excluding carboxylic acids is 1. The molecule has 72 valence electrons. The zero-order valence-electron chi connectivity index (χ0n) is 8.12. The van der Waals surface area contributed by atoms with E-state index in [0.717, 1.165) is 18.5 Å². The molecule has 14 heavy (non-hydrogen) atoms. The van der Waals surface area contributed by atoms with Crippen molar-refractivity contribution in [2.45, 2.75) is 25.7 Å². The van der Waals surface area contributed by atoms with Gasteiger partial charge in [0.15, 0.2) is 0 Å². The second-order valence-corrected chi connectivity index (χ2v) is 3.58. The van der Waals surface area contributed by atoms with Crippen molar-refractivity contribution in [2.75, 3.05) is 0 Å². The molecule has 0 aliphatic heterocycles. The topological polar surface area (TPSA) is 30.0 Å². The smallest absolute Gasteiger partial charge is 0.203 e. The molecule has 1 aromatic rings. The van der Waals surface area contributed by atoms with Gasteiger partial charge in [0.1, 0.15) is 5.69 Å². The van der Waals surface area contributed by atoms with Gasteiger partial charge in [-0.25, -0.2) is 4.98 Å². The van der Waals surface area contributed by atoms with E-state index >= 15 is 0 Å². The van der Waals surface area contributed by atoms with Crippen molar-refractivity contribution in [1.29, 1.82) is 0 Å². The van der Waals surface area contributed by atoms with Crippen LogP contribution in [0.2, 0.25) is 0 Å². The zero-order chi connectivity index (χ0) is 9.97. The van der Waals surface area contributed by atoms with Crippen LogP contribution in [0.5, 0.6) is 0 Å². The Bertz CT molecular complexity index is 382. The third-order valence-corrected chi connectivity index (χ3v) is 2.62. The van der Waals surface area contributed by atoms with Crippen molar-refractivity contribution in [3.8, 4) is 0 Å². The van der Waals surface area contributed by atoms with E-state index in [9.17, 15) is 4.79 Å². The summed E-state index contributed by atoms with van der Waals surface area (Å²) in [6.07, 6.45) is 5.85. The van der Waals surface area contributed by atoms with E-state index in [1.165, 1.54) is 24.5 Å². The molecule has 0 atom stereocenters. The van der Waals surface area contributed by atoms with Crippen LogP contribution in [-0.2, 0) is 12.8 Å². The normalized spacial score (nSPS) is 14.6. The van der Waals surface area contributed by atoms with Crippen LogP contribution < -0.4 is 0 Å². The summed E-state index contributed by atoms with van der Waals surface area (Å²) in [6, 6.07) is 3.83. The van der Waals surface area contributed by atoms with Crippen molar-refractivity contribution < 1.29 is 4.79 Å². The minimum absolute atomic E-state index is 0.0848. The second-order valence-electron chi connectivity index (χ2n) is 3.58. The first-order valence-corrected chi connectivity index (χ1v) is 4.97. The molecular formula is C12H13NO. The molecule has 2 nitrogen and oxygen atoms in total. The van der Waals surface area contributed by atoms with Crippen molar-refractivity contribution in [3.63, 3.8) is 0 Å². The van der Waals surface area contributed by atoms with Crippen LogP contribution in [0.3, 0.4) is 0 Å². The van der Waals surface area contributed by atoms with Gasteiger partial charge in [-0.3, -0.25) is 4.79 Å². The monoisotopic (exact) mass is 187 g/mol. The highest BCUT2D eigenvalue weighted by Gasteiger charge is 2.12. The molecule has 0 radical (unpaired) electrons. The summed E-state index contributed by atoms with van der Waals surface area (Å²) in [4.78, 5) is 15.7. The van der Waals surface area contributed by atoms with Gasteiger partial charge in [0.25, 0.3) is 0 Å². The molecule has 0 amide bonds. The lowest BCUT2D eigenvalue weighted by molar-refractivity contribution is 0.104. The number of aryl methyl sites for hydroxylation is 2. The van der Waals surface area contributed by atoms with E-state index in [1.54, 1.807) is 6.07 Å². The highest BCUT2D eigenvalue weighted by molar-refractivity contribution is 6.02. The fourth-order valence-electron chi connectivity index (χ4n) is 1.82.